The van der Waals surface area contributed by atoms with Gasteiger partial charge in [-0.05, 0) is 17.3 Å². The predicted molar refractivity (Wildman–Crippen MR) is 79.9 cm³/mol. The average molecular weight is 304 g/mol. The SMILES string of the molecule is CC1(C)C(C(=O)N2CC[C@@H]3OCc4cnnn4[C@@H]3C2)C1(C)C. The summed E-state index contributed by atoms with van der Waals surface area (Å²) in [5.74, 6) is 0.414. The summed E-state index contributed by atoms with van der Waals surface area (Å²) in [4.78, 5) is 15.0. The molecule has 2 fully saturated rings. The van der Waals surface area contributed by atoms with Gasteiger partial charge in [-0.25, -0.2) is 4.68 Å². The molecule has 3 aliphatic rings. The fraction of sp³-hybridized carbons (Fsp3) is 0.812. The van der Waals surface area contributed by atoms with Crippen LogP contribution in [0.3, 0.4) is 0 Å². The normalized spacial score (nSPS) is 32.3. The molecule has 6 nitrogen and oxygen atoms in total. The Labute approximate surface area is 130 Å². The zero-order chi connectivity index (χ0) is 15.7. The maximum Gasteiger partial charge on any atom is 0.226 e. The first-order valence-electron chi connectivity index (χ1n) is 8.13. The van der Waals surface area contributed by atoms with Crippen LogP contribution in [0.4, 0.5) is 0 Å². The number of hydrogen-bond donors (Lipinski definition) is 0. The first kappa shape index (κ1) is 14.2. The molecule has 0 aromatic carbocycles. The van der Waals surface area contributed by atoms with Crippen LogP contribution < -0.4 is 0 Å². The Morgan fingerprint density at radius 2 is 2.05 bits per heavy atom. The number of carbonyl (C=O) groups is 1. The van der Waals surface area contributed by atoms with E-state index < -0.39 is 0 Å². The molecule has 1 aliphatic carbocycles. The van der Waals surface area contributed by atoms with E-state index in [1.165, 1.54) is 0 Å². The molecule has 4 rings (SSSR count). The fourth-order valence-corrected chi connectivity index (χ4v) is 4.38. The van der Waals surface area contributed by atoms with Crippen molar-refractivity contribution in [1.82, 2.24) is 19.9 Å². The van der Waals surface area contributed by atoms with Crippen LogP contribution in [0.5, 0.6) is 0 Å². The Bertz CT molecular complexity index is 607. The van der Waals surface area contributed by atoms with Crippen molar-refractivity contribution in [1.29, 1.82) is 0 Å². The minimum absolute atomic E-state index is 0.0857. The largest absolute Gasteiger partial charge is 0.370 e. The third-order valence-electron chi connectivity index (χ3n) is 6.51. The molecule has 0 spiro atoms. The van der Waals surface area contributed by atoms with Crippen LogP contribution in [-0.2, 0) is 16.1 Å². The zero-order valence-electron chi connectivity index (χ0n) is 13.7. The lowest BCUT2D eigenvalue weighted by molar-refractivity contribution is -0.140. The van der Waals surface area contributed by atoms with Gasteiger partial charge in [-0.3, -0.25) is 4.79 Å². The first-order valence-corrected chi connectivity index (χ1v) is 8.13. The Kier molecular flexibility index (Phi) is 2.78. The van der Waals surface area contributed by atoms with Crippen LogP contribution in [0, 0.1) is 16.7 Å². The number of amides is 1. The van der Waals surface area contributed by atoms with Crippen LogP contribution in [0.2, 0.25) is 0 Å². The van der Waals surface area contributed by atoms with E-state index in [0.717, 1.165) is 18.7 Å². The fourth-order valence-electron chi connectivity index (χ4n) is 4.38. The van der Waals surface area contributed by atoms with Gasteiger partial charge in [0.25, 0.3) is 0 Å². The lowest BCUT2D eigenvalue weighted by Gasteiger charge is -2.41. The molecule has 120 valence electrons. The first-order chi connectivity index (χ1) is 10.3. The molecular weight excluding hydrogens is 280 g/mol. The highest BCUT2D eigenvalue weighted by atomic mass is 16.5. The highest BCUT2D eigenvalue weighted by Crippen LogP contribution is 2.68. The number of fused-ring (bicyclic) bond motifs is 3. The van der Waals surface area contributed by atoms with Crippen LogP contribution in [-0.4, -0.2) is 45.0 Å². The van der Waals surface area contributed by atoms with Crippen molar-refractivity contribution in [3.05, 3.63) is 11.9 Å². The molecule has 22 heavy (non-hydrogen) atoms. The maximum absolute atomic E-state index is 13.0. The van der Waals surface area contributed by atoms with Gasteiger partial charge in [-0.1, -0.05) is 32.9 Å². The number of nitrogens with zero attached hydrogens (tertiary/aromatic N) is 4. The molecule has 0 radical (unpaired) electrons. The monoisotopic (exact) mass is 304 g/mol. The number of aromatic nitrogens is 3. The molecule has 0 N–H and O–H groups in total. The molecule has 1 aromatic heterocycles. The van der Waals surface area contributed by atoms with Gasteiger partial charge >= 0.3 is 0 Å². The Hall–Kier alpha value is -1.43. The van der Waals surface area contributed by atoms with Gasteiger partial charge in [0.15, 0.2) is 0 Å². The molecule has 0 bridgehead atoms. The second-order valence-corrected chi connectivity index (χ2v) is 8.04. The molecule has 1 amide bonds. The molecule has 2 aliphatic heterocycles. The van der Waals surface area contributed by atoms with Crippen molar-refractivity contribution >= 4 is 5.91 Å². The lowest BCUT2D eigenvalue weighted by atomic mass is 9.99. The predicted octanol–water partition coefficient (Wildman–Crippen LogP) is 1.63. The van der Waals surface area contributed by atoms with Gasteiger partial charge in [0.05, 0.1) is 30.6 Å². The zero-order valence-corrected chi connectivity index (χ0v) is 13.7. The molecule has 0 unspecified atom stereocenters. The third-order valence-corrected chi connectivity index (χ3v) is 6.51. The van der Waals surface area contributed by atoms with E-state index in [2.05, 4.69) is 38.0 Å². The number of piperidine rings is 1. The van der Waals surface area contributed by atoms with Gasteiger partial charge < -0.3 is 9.64 Å². The number of rotatable bonds is 1. The molecule has 1 saturated carbocycles. The van der Waals surface area contributed by atoms with Crippen LogP contribution in [0.15, 0.2) is 6.20 Å². The van der Waals surface area contributed by atoms with Crippen molar-refractivity contribution < 1.29 is 9.53 Å². The summed E-state index contributed by atoms with van der Waals surface area (Å²) in [6.45, 7) is 10.8. The van der Waals surface area contributed by atoms with Gasteiger partial charge in [-0.15, -0.1) is 5.10 Å². The number of carbonyl (C=O) groups excluding carboxylic acids is 1. The number of likely N-dealkylation sites (tertiary alicyclic amines) is 1. The summed E-state index contributed by atoms with van der Waals surface area (Å²) < 4.78 is 7.87. The standard InChI is InChI=1S/C16H24N4O2/c1-15(2)13(16(15,3)4)14(21)19-6-5-12-11(8-19)20-10(9-22-12)7-17-18-20/h7,11-13H,5-6,8-9H2,1-4H3/t11-,12+/m1/s1. The van der Waals surface area contributed by atoms with Crippen molar-refractivity contribution in [3.8, 4) is 0 Å². The van der Waals surface area contributed by atoms with Crippen LogP contribution in [0.1, 0.15) is 45.9 Å². The van der Waals surface area contributed by atoms with E-state index in [1.807, 2.05) is 9.58 Å². The summed E-state index contributed by atoms with van der Waals surface area (Å²) in [5, 5.41) is 8.19. The molecule has 1 aromatic rings. The molecule has 1 saturated heterocycles. The summed E-state index contributed by atoms with van der Waals surface area (Å²) >= 11 is 0. The molecule has 6 heteroatoms. The van der Waals surface area contributed by atoms with Crippen molar-refractivity contribution in [2.24, 2.45) is 16.7 Å². The Morgan fingerprint density at radius 3 is 2.73 bits per heavy atom. The second-order valence-electron chi connectivity index (χ2n) is 8.04. The minimum Gasteiger partial charge on any atom is -0.370 e. The third kappa shape index (κ3) is 1.73. The summed E-state index contributed by atoms with van der Waals surface area (Å²) in [5.41, 5.74) is 1.17. The van der Waals surface area contributed by atoms with E-state index >= 15 is 0 Å². The Morgan fingerprint density at radius 1 is 1.32 bits per heavy atom. The van der Waals surface area contributed by atoms with Crippen molar-refractivity contribution in [2.45, 2.75) is 52.9 Å². The second kappa shape index (κ2) is 4.31. The van der Waals surface area contributed by atoms with Crippen molar-refractivity contribution in [2.75, 3.05) is 13.1 Å². The minimum atomic E-state index is 0.0857. The highest BCUT2D eigenvalue weighted by Gasteiger charge is 2.69. The summed E-state index contributed by atoms with van der Waals surface area (Å²) in [6.07, 6.45) is 2.78. The smallest absolute Gasteiger partial charge is 0.226 e. The summed E-state index contributed by atoms with van der Waals surface area (Å²) in [6, 6.07) is 0.105. The molecule has 3 heterocycles. The highest BCUT2D eigenvalue weighted by molar-refractivity contribution is 5.84. The maximum atomic E-state index is 13.0. The average Bonchev–Trinajstić information content (AvgIpc) is 2.85. The quantitative estimate of drug-likeness (QED) is 0.791. The van der Waals surface area contributed by atoms with Crippen molar-refractivity contribution in [3.63, 3.8) is 0 Å². The van der Waals surface area contributed by atoms with Crippen LogP contribution in [0.25, 0.3) is 0 Å². The van der Waals surface area contributed by atoms with E-state index in [0.29, 0.717) is 19.1 Å². The van der Waals surface area contributed by atoms with Gasteiger partial charge in [0.2, 0.25) is 5.91 Å². The van der Waals surface area contributed by atoms with E-state index in [9.17, 15) is 4.79 Å². The Balaban J connectivity index is 1.54. The molecule has 2 atom stereocenters. The van der Waals surface area contributed by atoms with E-state index in [1.54, 1.807) is 6.20 Å². The van der Waals surface area contributed by atoms with E-state index in [-0.39, 0.29) is 28.9 Å². The number of hydrogen-bond acceptors (Lipinski definition) is 4. The summed E-state index contributed by atoms with van der Waals surface area (Å²) in [7, 11) is 0. The molecular formula is C16H24N4O2. The van der Waals surface area contributed by atoms with Gasteiger partial charge in [-0.2, -0.15) is 0 Å². The lowest BCUT2D eigenvalue weighted by Crippen LogP contribution is -2.50. The van der Waals surface area contributed by atoms with Gasteiger partial charge in [0.1, 0.15) is 0 Å². The topological polar surface area (TPSA) is 60.3 Å². The van der Waals surface area contributed by atoms with E-state index in [4.69, 9.17) is 4.74 Å². The van der Waals surface area contributed by atoms with Crippen LogP contribution >= 0.6 is 0 Å². The van der Waals surface area contributed by atoms with Gasteiger partial charge in [0, 0.05) is 19.0 Å². The number of ether oxygens (including phenoxy) is 1.